The van der Waals surface area contributed by atoms with Crippen molar-refractivity contribution < 1.29 is 9.18 Å². The number of aromatic nitrogens is 2. The van der Waals surface area contributed by atoms with Crippen LogP contribution in [0.3, 0.4) is 0 Å². The first-order valence-corrected chi connectivity index (χ1v) is 8.64. The predicted molar refractivity (Wildman–Crippen MR) is 102 cm³/mol. The highest BCUT2D eigenvalue weighted by Gasteiger charge is 2.40. The molecule has 0 fully saturated rings. The van der Waals surface area contributed by atoms with Crippen molar-refractivity contribution in [3.63, 3.8) is 0 Å². The lowest BCUT2D eigenvalue weighted by Gasteiger charge is -2.37. The van der Waals surface area contributed by atoms with Crippen LogP contribution in [0.2, 0.25) is 0 Å². The first-order chi connectivity index (χ1) is 13.3. The Kier molecular flexibility index (Phi) is 4.38. The molecule has 3 nitrogen and oxygen atoms in total. The lowest BCUT2D eigenvalue weighted by Crippen LogP contribution is -2.38. The van der Waals surface area contributed by atoms with Gasteiger partial charge in [-0.1, -0.05) is 91.0 Å². The average Bonchev–Trinajstić information content (AvgIpc) is 3.12. The minimum Gasteiger partial charge on any atom is -0.296 e. The number of carbonyl (C=O) groups excluding carboxylic acids is 1. The molecule has 0 unspecified atom stereocenters. The van der Waals surface area contributed by atoms with Crippen molar-refractivity contribution in [3.8, 4) is 0 Å². The number of benzene rings is 3. The number of aldehydes is 1. The maximum absolute atomic E-state index is 15.0. The summed E-state index contributed by atoms with van der Waals surface area (Å²) in [4.78, 5) is 15.1. The van der Waals surface area contributed by atoms with Crippen LogP contribution in [0.15, 0.2) is 97.2 Å². The van der Waals surface area contributed by atoms with Crippen molar-refractivity contribution in [2.45, 2.75) is 5.54 Å². The van der Waals surface area contributed by atoms with Crippen LogP contribution in [-0.4, -0.2) is 15.8 Å². The van der Waals surface area contributed by atoms with E-state index in [1.165, 1.54) is 10.8 Å². The van der Waals surface area contributed by atoms with Crippen molar-refractivity contribution in [2.75, 3.05) is 0 Å². The van der Waals surface area contributed by atoms with Gasteiger partial charge in [0.1, 0.15) is 11.2 Å². The summed E-state index contributed by atoms with van der Waals surface area (Å²) in [6.07, 6.45) is 1.31. The van der Waals surface area contributed by atoms with E-state index in [1.54, 1.807) is 0 Å². The van der Waals surface area contributed by atoms with E-state index in [1.807, 2.05) is 91.0 Å². The molecule has 27 heavy (non-hydrogen) atoms. The van der Waals surface area contributed by atoms with Crippen molar-refractivity contribution in [1.29, 1.82) is 0 Å². The molecule has 0 radical (unpaired) electrons. The molecule has 0 atom stereocenters. The topological polar surface area (TPSA) is 34.9 Å². The zero-order chi connectivity index (χ0) is 18.7. The summed E-state index contributed by atoms with van der Waals surface area (Å²) in [6, 6.07) is 29.0. The highest BCUT2D eigenvalue weighted by molar-refractivity contribution is 5.71. The fraction of sp³-hybridized carbons (Fsp3) is 0.0435. The second kappa shape index (κ2) is 7.00. The van der Waals surface area contributed by atoms with Gasteiger partial charge in [-0.2, -0.15) is 9.37 Å². The molecule has 1 aromatic heterocycles. The van der Waals surface area contributed by atoms with Crippen molar-refractivity contribution in [3.05, 3.63) is 126 Å². The van der Waals surface area contributed by atoms with Crippen LogP contribution >= 0.6 is 0 Å². The number of carbonyl (C=O) groups is 1. The number of halogens is 1. The minimum absolute atomic E-state index is 0.0552. The zero-order valence-corrected chi connectivity index (χ0v) is 14.5. The number of hydrogen-bond acceptors (Lipinski definition) is 2. The van der Waals surface area contributed by atoms with Gasteiger partial charge in [-0.3, -0.25) is 9.36 Å². The summed E-state index contributed by atoms with van der Waals surface area (Å²) >= 11 is 0. The zero-order valence-electron chi connectivity index (χ0n) is 14.5. The molecule has 0 aliphatic heterocycles. The quantitative estimate of drug-likeness (QED) is 0.385. The third-order valence-corrected chi connectivity index (χ3v) is 4.74. The van der Waals surface area contributed by atoms with E-state index in [0.29, 0.717) is 6.29 Å². The van der Waals surface area contributed by atoms with Gasteiger partial charge >= 0.3 is 0 Å². The molecular formula is C23H17FN2O. The number of imidazole rings is 1. The van der Waals surface area contributed by atoms with Crippen LogP contribution < -0.4 is 0 Å². The summed E-state index contributed by atoms with van der Waals surface area (Å²) in [5.41, 5.74) is 1.67. The first-order valence-electron chi connectivity index (χ1n) is 8.64. The SMILES string of the molecule is O=Cc1cn(C(c2ccccc2)(c2ccccc2)c2ccccc2)c(F)n1. The summed E-state index contributed by atoms with van der Waals surface area (Å²) in [6.45, 7) is 0. The van der Waals surface area contributed by atoms with Crippen molar-refractivity contribution >= 4 is 6.29 Å². The molecule has 0 N–H and O–H groups in total. The molecule has 0 spiro atoms. The van der Waals surface area contributed by atoms with Crippen LogP contribution in [0.25, 0.3) is 0 Å². The summed E-state index contributed by atoms with van der Waals surface area (Å²) in [7, 11) is 0. The third-order valence-electron chi connectivity index (χ3n) is 4.74. The van der Waals surface area contributed by atoms with Gasteiger partial charge in [-0.15, -0.1) is 0 Å². The smallest absolute Gasteiger partial charge is 0.291 e. The predicted octanol–water partition coefficient (Wildman–Crippen LogP) is 4.67. The molecular weight excluding hydrogens is 339 g/mol. The fourth-order valence-electron chi connectivity index (χ4n) is 3.62. The van der Waals surface area contributed by atoms with Gasteiger partial charge in [0.05, 0.1) is 0 Å². The standard InChI is InChI=1S/C23H17FN2O/c24-22-25-21(17-27)16-26(22)23(18-10-4-1-5-11-18,19-12-6-2-7-13-19)20-14-8-3-9-15-20/h1-17H. The number of rotatable bonds is 5. The van der Waals surface area contributed by atoms with Gasteiger partial charge in [0.2, 0.25) is 0 Å². The fourth-order valence-corrected chi connectivity index (χ4v) is 3.62. The molecule has 0 saturated heterocycles. The van der Waals surface area contributed by atoms with Crippen molar-refractivity contribution in [1.82, 2.24) is 9.55 Å². The van der Waals surface area contributed by atoms with Gasteiger partial charge in [-0.05, 0) is 16.7 Å². The Morgan fingerprint density at radius 1 is 0.741 bits per heavy atom. The maximum atomic E-state index is 15.0. The molecule has 0 aliphatic carbocycles. The molecule has 4 heteroatoms. The summed E-state index contributed by atoms with van der Waals surface area (Å²) in [5.74, 6) is 0. The summed E-state index contributed by atoms with van der Waals surface area (Å²) in [5, 5.41) is 0. The van der Waals surface area contributed by atoms with E-state index in [2.05, 4.69) is 4.98 Å². The Bertz CT molecular complexity index is 947. The molecule has 132 valence electrons. The lowest BCUT2D eigenvalue weighted by molar-refractivity contribution is 0.111. The monoisotopic (exact) mass is 356 g/mol. The molecule has 0 aliphatic rings. The average molecular weight is 356 g/mol. The maximum Gasteiger partial charge on any atom is 0.291 e. The highest BCUT2D eigenvalue weighted by atomic mass is 19.1. The molecule has 0 saturated carbocycles. The Morgan fingerprint density at radius 3 is 1.48 bits per heavy atom. The van der Waals surface area contributed by atoms with E-state index < -0.39 is 11.6 Å². The van der Waals surface area contributed by atoms with Crippen LogP contribution in [0.5, 0.6) is 0 Å². The van der Waals surface area contributed by atoms with Crippen LogP contribution in [0.1, 0.15) is 27.2 Å². The summed E-state index contributed by atoms with van der Waals surface area (Å²) < 4.78 is 16.5. The van der Waals surface area contributed by atoms with Gasteiger partial charge in [0.25, 0.3) is 6.08 Å². The van der Waals surface area contributed by atoms with E-state index in [-0.39, 0.29) is 5.69 Å². The largest absolute Gasteiger partial charge is 0.296 e. The molecule has 4 aromatic rings. The Morgan fingerprint density at radius 2 is 1.15 bits per heavy atom. The van der Waals surface area contributed by atoms with Crippen LogP contribution in [0.4, 0.5) is 4.39 Å². The van der Waals surface area contributed by atoms with E-state index in [4.69, 9.17) is 0 Å². The molecule has 4 rings (SSSR count). The second-order valence-corrected chi connectivity index (χ2v) is 6.23. The molecule has 3 aromatic carbocycles. The van der Waals surface area contributed by atoms with Gasteiger partial charge in [0, 0.05) is 6.20 Å². The molecule has 1 heterocycles. The van der Waals surface area contributed by atoms with E-state index >= 15 is 4.39 Å². The first kappa shape index (κ1) is 16.9. The Labute approximate surface area is 156 Å². The lowest BCUT2D eigenvalue weighted by atomic mass is 9.76. The third kappa shape index (κ3) is 2.75. The van der Waals surface area contributed by atoms with Crippen LogP contribution in [0, 0.1) is 6.08 Å². The van der Waals surface area contributed by atoms with Gasteiger partial charge < -0.3 is 0 Å². The van der Waals surface area contributed by atoms with Crippen molar-refractivity contribution in [2.24, 2.45) is 0 Å². The molecule has 0 bridgehead atoms. The van der Waals surface area contributed by atoms with Crippen LogP contribution in [-0.2, 0) is 5.54 Å². The van der Waals surface area contributed by atoms with E-state index in [0.717, 1.165) is 16.7 Å². The van der Waals surface area contributed by atoms with E-state index in [9.17, 15) is 4.79 Å². The Hall–Kier alpha value is -3.53. The highest BCUT2D eigenvalue weighted by Crippen LogP contribution is 2.41. The Balaban J connectivity index is 2.16. The number of nitrogens with zero attached hydrogens (tertiary/aromatic N) is 2. The van der Waals surface area contributed by atoms with Gasteiger partial charge in [0.15, 0.2) is 6.29 Å². The molecule has 0 amide bonds. The van der Waals surface area contributed by atoms with Gasteiger partial charge in [-0.25, -0.2) is 0 Å². The normalized spacial score (nSPS) is 11.3. The number of hydrogen-bond donors (Lipinski definition) is 0. The second-order valence-electron chi connectivity index (χ2n) is 6.23. The minimum atomic E-state index is -0.998.